The van der Waals surface area contributed by atoms with Gasteiger partial charge in [-0.15, -0.1) is 0 Å². The van der Waals surface area contributed by atoms with Crippen molar-refractivity contribution in [2.75, 3.05) is 0 Å². The minimum atomic E-state index is -4.46. The van der Waals surface area contributed by atoms with E-state index in [0.29, 0.717) is 11.5 Å². The van der Waals surface area contributed by atoms with Gasteiger partial charge in [0.2, 0.25) is 0 Å². The zero-order valence-corrected chi connectivity index (χ0v) is 11.8. The molecule has 0 unspecified atom stereocenters. The van der Waals surface area contributed by atoms with Crippen molar-refractivity contribution in [3.8, 4) is 11.5 Å². The number of hydrogen-bond donors (Lipinski definition) is 0. The van der Waals surface area contributed by atoms with Crippen molar-refractivity contribution in [2.24, 2.45) is 14.1 Å². The van der Waals surface area contributed by atoms with Gasteiger partial charge in [0.15, 0.2) is 5.82 Å². The first-order valence-corrected chi connectivity index (χ1v) is 7.33. The number of aryl methyl sites for hydroxylation is 2. The number of fused-ring (bicyclic) bond motifs is 1. The zero-order chi connectivity index (χ0) is 14.5. The first-order chi connectivity index (χ1) is 9.38. The molecule has 0 saturated carbocycles. The Morgan fingerprint density at radius 2 is 1.90 bits per heavy atom. The van der Waals surface area contributed by atoms with Gasteiger partial charge in [-0.25, -0.2) is 13.4 Å². The van der Waals surface area contributed by atoms with Crippen LogP contribution in [0.4, 0.5) is 0 Å². The number of rotatable bonds is 2. The lowest BCUT2D eigenvalue weighted by atomic mass is 10.3. The second-order valence-electron chi connectivity index (χ2n) is 4.61. The van der Waals surface area contributed by atoms with Crippen LogP contribution in [0.2, 0.25) is 0 Å². The van der Waals surface area contributed by atoms with E-state index >= 15 is 0 Å². The van der Waals surface area contributed by atoms with Crippen LogP contribution in [0.3, 0.4) is 0 Å². The molecule has 0 aliphatic heterocycles. The molecule has 7 heteroatoms. The van der Waals surface area contributed by atoms with Crippen molar-refractivity contribution in [3.63, 3.8) is 0 Å². The van der Waals surface area contributed by atoms with E-state index in [1.54, 1.807) is 11.6 Å². The Bertz CT molecular complexity index is 906. The second kappa shape index (κ2) is 4.19. The zero-order valence-electron chi connectivity index (χ0n) is 10.9. The van der Waals surface area contributed by atoms with Crippen LogP contribution in [-0.4, -0.2) is 27.1 Å². The van der Waals surface area contributed by atoms with E-state index in [2.05, 4.69) is 4.98 Å². The molecule has 104 valence electrons. The Morgan fingerprint density at radius 3 is 2.50 bits per heavy atom. The maximum atomic E-state index is 11.1. The fourth-order valence-corrected chi connectivity index (χ4v) is 2.81. The summed E-state index contributed by atoms with van der Waals surface area (Å²) in [4.78, 5) is 4.24. The highest BCUT2D eigenvalue weighted by Crippen LogP contribution is 2.26. The van der Waals surface area contributed by atoms with Crippen LogP contribution >= 0.6 is 0 Å². The van der Waals surface area contributed by atoms with Gasteiger partial charge in [-0.1, -0.05) is 12.1 Å². The van der Waals surface area contributed by atoms with E-state index in [1.807, 2.05) is 35.9 Å². The molecule has 0 spiro atoms. The summed E-state index contributed by atoms with van der Waals surface area (Å²) in [5, 5.41) is 0. The number of imidazole rings is 1. The van der Waals surface area contributed by atoms with Crippen molar-refractivity contribution >= 4 is 21.2 Å². The number of nitrogens with zero attached hydrogens (tertiary/aromatic N) is 3. The molecule has 6 nitrogen and oxygen atoms in total. The van der Waals surface area contributed by atoms with Gasteiger partial charge in [0.05, 0.1) is 21.6 Å². The first-order valence-electron chi connectivity index (χ1n) is 5.92. The molecule has 2 heterocycles. The molecule has 3 rings (SSSR count). The molecule has 2 aromatic heterocycles. The van der Waals surface area contributed by atoms with Crippen LogP contribution in [0.1, 0.15) is 0 Å². The van der Waals surface area contributed by atoms with E-state index < -0.39 is 10.1 Å². The van der Waals surface area contributed by atoms with E-state index in [0.717, 1.165) is 11.0 Å². The summed E-state index contributed by atoms with van der Waals surface area (Å²) >= 11 is 0. The molecule has 0 aliphatic carbocycles. The minimum absolute atomic E-state index is 0.248. The van der Waals surface area contributed by atoms with Crippen LogP contribution in [0.25, 0.3) is 22.6 Å². The molecule has 0 radical (unpaired) electrons. The van der Waals surface area contributed by atoms with Crippen LogP contribution in [0.5, 0.6) is 0 Å². The van der Waals surface area contributed by atoms with Crippen molar-refractivity contribution in [2.45, 2.75) is 4.90 Å². The van der Waals surface area contributed by atoms with Crippen LogP contribution in [0, 0.1) is 0 Å². The normalized spacial score (nSPS) is 12.2. The molecule has 0 bridgehead atoms. The highest BCUT2D eigenvalue weighted by Gasteiger charge is 2.15. The van der Waals surface area contributed by atoms with Gasteiger partial charge in [-0.3, -0.25) is 0 Å². The smallest absolute Gasteiger partial charge is 0.157 e. The molecule has 0 aliphatic rings. The average Bonchev–Trinajstić information content (AvgIpc) is 2.91. The summed E-state index contributed by atoms with van der Waals surface area (Å²) in [6.07, 6.45) is 1.30. The predicted molar refractivity (Wildman–Crippen MR) is 73.1 cm³/mol. The van der Waals surface area contributed by atoms with Gasteiger partial charge >= 0.3 is 0 Å². The minimum Gasteiger partial charge on any atom is -0.744 e. The molecule has 0 N–H and O–H groups in total. The summed E-state index contributed by atoms with van der Waals surface area (Å²) in [7, 11) is -0.929. The molecule has 0 atom stereocenters. The monoisotopic (exact) mass is 290 g/mol. The summed E-state index contributed by atoms with van der Waals surface area (Å²) < 4.78 is 36.7. The highest BCUT2D eigenvalue weighted by molar-refractivity contribution is 7.85. The lowest BCUT2D eigenvalue weighted by molar-refractivity contribution is 0.463. The largest absolute Gasteiger partial charge is 0.744 e. The SMILES string of the molecule is Cn1cc(S(=O)(=O)[O-])cc1-c1nc2ccccc2n1C. The van der Waals surface area contributed by atoms with E-state index in [-0.39, 0.29) is 4.90 Å². The highest BCUT2D eigenvalue weighted by atomic mass is 32.2. The Hall–Kier alpha value is -2.12. The second-order valence-corrected chi connectivity index (χ2v) is 5.99. The standard InChI is InChI=1S/C13H13N3O3S/c1-15-8-9(20(17,18)19)7-12(15)13-14-10-5-3-4-6-11(10)16(13)2/h3-8H,1-2H3,(H,17,18,19)/p-1. The predicted octanol–water partition coefficient (Wildman–Crippen LogP) is 1.48. The lowest BCUT2D eigenvalue weighted by Crippen LogP contribution is -1.97. The number of benzene rings is 1. The van der Waals surface area contributed by atoms with Crippen LogP contribution in [0.15, 0.2) is 41.4 Å². The van der Waals surface area contributed by atoms with Gasteiger partial charge in [0.1, 0.15) is 10.1 Å². The fourth-order valence-electron chi connectivity index (χ4n) is 2.27. The lowest BCUT2D eigenvalue weighted by Gasteiger charge is -2.03. The van der Waals surface area contributed by atoms with Crippen LogP contribution in [-0.2, 0) is 24.2 Å². The molecular formula is C13H12N3O3S-. The maximum absolute atomic E-state index is 11.1. The van der Waals surface area contributed by atoms with Gasteiger partial charge < -0.3 is 13.7 Å². The molecule has 0 amide bonds. The van der Waals surface area contributed by atoms with E-state index in [9.17, 15) is 13.0 Å². The summed E-state index contributed by atoms with van der Waals surface area (Å²) in [6, 6.07) is 8.96. The Balaban J connectivity index is 2.26. The first kappa shape index (κ1) is 12.9. The summed E-state index contributed by atoms with van der Waals surface area (Å²) in [6.45, 7) is 0. The maximum Gasteiger partial charge on any atom is 0.157 e. The van der Waals surface area contributed by atoms with Crippen LogP contribution < -0.4 is 0 Å². The Labute approximate surface area is 116 Å². The fraction of sp³-hybridized carbons (Fsp3) is 0.154. The van der Waals surface area contributed by atoms with Gasteiger partial charge in [0.25, 0.3) is 0 Å². The van der Waals surface area contributed by atoms with Crippen molar-refractivity contribution in [3.05, 3.63) is 36.5 Å². The third kappa shape index (κ3) is 1.91. The van der Waals surface area contributed by atoms with E-state index in [1.165, 1.54) is 12.3 Å². The quantitative estimate of drug-likeness (QED) is 0.670. The molecule has 1 aromatic carbocycles. The van der Waals surface area contributed by atoms with Gasteiger partial charge in [0, 0.05) is 20.3 Å². The molecule has 20 heavy (non-hydrogen) atoms. The molecular weight excluding hydrogens is 278 g/mol. The third-order valence-electron chi connectivity index (χ3n) is 3.28. The van der Waals surface area contributed by atoms with Gasteiger partial charge in [-0.2, -0.15) is 0 Å². The Morgan fingerprint density at radius 1 is 1.20 bits per heavy atom. The van der Waals surface area contributed by atoms with Crippen molar-refractivity contribution in [1.29, 1.82) is 0 Å². The summed E-state index contributed by atoms with van der Waals surface area (Å²) in [5.74, 6) is 0.614. The molecule has 0 saturated heterocycles. The summed E-state index contributed by atoms with van der Waals surface area (Å²) in [5.41, 5.74) is 2.34. The topological polar surface area (TPSA) is 79.9 Å². The van der Waals surface area contributed by atoms with Crippen molar-refractivity contribution in [1.82, 2.24) is 14.1 Å². The van der Waals surface area contributed by atoms with Gasteiger partial charge in [-0.05, 0) is 18.2 Å². The molecule has 0 fully saturated rings. The Kier molecular flexibility index (Phi) is 2.70. The number of para-hydroxylation sites is 2. The van der Waals surface area contributed by atoms with E-state index in [4.69, 9.17) is 0 Å². The molecule has 3 aromatic rings. The number of hydrogen-bond acceptors (Lipinski definition) is 4. The number of aromatic nitrogens is 3. The average molecular weight is 290 g/mol. The van der Waals surface area contributed by atoms with Crippen molar-refractivity contribution < 1.29 is 13.0 Å². The third-order valence-corrected chi connectivity index (χ3v) is 4.09.